The Hall–Kier alpha value is -1.62. The summed E-state index contributed by atoms with van der Waals surface area (Å²) in [6.45, 7) is 8.42. The van der Waals surface area contributed by atoms with Crippen molar-refractivity contribution in [1.29, 1.82) is 0 Å². The molecule has 0 aliphatic carbocycles. The molecule has 1 unspecified atom stereocenters. The first-order valence-corrected chi connectivity index (χ1v) is 7.35. The molecule has 0 aromatic carbocycles. The second-order valence-electron chi connectivity index (χ2n) is 5.79. The Morgan fingerprint density at radius 1 is 1.35 bits per heavy atom. The highest BCUT2D eigenvalue weighted by atomic mass is 15.3. The van der Waals surface area contributed by atoms with Crippen LogP contribution in [0.15, 0.2) is 6.07 Å². The summed E-state index contributed by atoms with van der Waals surface area (Å²) in [6, 6.07) is 2.48. The van der Waals surface area contributed by atoms with Crippen LogP contribution in [0.4, 0.5) is 0 Å². The quantitative estimate of drug-likeness (QED) is 0.927. The average molecular weight is 273 g/mol. The van der Waals surface area contributed by atoms with Crippen molar-refractivity contribution >= 4 is 0 Å². The average Bonchev–Trinajstić information content (AvgIpc) is 3.08. The molecule has 0 saturated carbocycles. The molecule has 0 fully saturated rings. The minimum Gasteiger partial charge on any atom is -0.352 e. The first-order chi connectivity index (χ1) is 9.58. The molecule has 1 aliphatic rings. The first-order valence-electron chi connectivity index (χ1n) is 7.35. The monoisotopic (exact) mass is 273 g/mol. The summed E-state index contributed by atoms with van der Waals surface area (Å²) in [4.78, 5) is 0. The zero-order valence-corrected chi connectivity index (χ0v) is 12.8. The van der Waals surface area contributed by atoms with Crippen LogP contribution in [0.2, 0.25) is 0 Å². The Bertz CT molecular complexity index is 622. The molecule has 3 rings (SSSR count). The molecule has 0 spiro atoms. The number of rotatable bonds is 4. The van der Waals surface area contributed by atoms with Gasteiger partial charge in [0.15, 0.2) is 0 Å². The smallest absolute Gasteiger partial charge is 0.149 e. The standard InChI is InChI=1S/C15H23N5/c1-10-8-13(12(3)19(10)4)9-16-11(2)15-18-17-14-6-5-7-20(14)15/h8,11,16H,5-7,9H2,1-4H3. The van der Waals surface area contributed by atoms with Crippen LogP contribution in [0.5, 0.6) is 0 Å². The minimum atomic E-state index is 0.231. The third-order valence-electron chi connectivity index (χ3n) is 4.50. The van der Waals surface area contributed by atoms with E-state index in [9.17, 15) is 0 Å². The van der Waals surface area contributed by atoms with Crippen LogP contribution in [-0.2, 0) is 26.6 Å². The lowest BCUT2D eigenvalue weighted by Crippen LogP contribution is -2.21. The van der Waals surface area contributed by atoms with Gasteiger partial charge in [0.2, 0.25) is 0 Å². The fraction of sp³-hybridized carbons (Fsp3) is 0.600. The lowest BCUT2D eigenvalue weighted by atomic mass is 10.2. The maximum Gasteiger partial charge on any atom is 0.149 e. The highest BCUT2D eigenvalue weighted by Crippen LogP contribution is 2.20. The molecule has 2 aromatic rings. The van der Waals surface area contributed by atoms with Crippen LogP contribution in [0.3, 0.4) is 0 Å². The van der Waals surface area contributed by atoms with Crippen molar-refractivity contribution < 1.29 is 0 Å². The van der Waals surface area contributed by atoms with Crippen LogP contribution >= 0.6 is 0 Å². The normalized spacial score (nSPS) is 15.6. The van der Waals surface area contributed by atoms with Gasteiger partial charge in [-0.05, 0) is 38.8 Å². The molecule has 0 saturated heterocycles. The fourth-order valence-electron chi connectivity index (χ4n) is 2.96. The molecule has 1 N–H and O–H groups in total. The Kier molecular flexibility index (Phi) is 3.38. The molecule has 5 heteroatoms. The van der Waals surface area contributed by atoms with Crippen LogP contribution in [-0.4, -0.2) is 19.3 Å². The Morgan fingerprint density at radius 3 is 2.85 bits per heavy atom. The van der Waals surface area contributed by atoms with E-state index in [0.717, 1.165) is 31.2 Å². The van der Waals surface area contributed by atoms with E-state index >= 15 is 0 Å². The van der Waals surface area contributed by atoms with E-state index in [4.69, 9.17) is 0 Å². The number of nitrogens with one attached hydrogen (secondary N) is 1. The third kappa shape index (κ3) is 2.16. The Morgan fingerprint density at radius 2 is 2.15 bits per heavy atom. The van der Waals surface area contributed by atoms with Gasteiger partial charge in [0, 0.05) is 37.9 Å². The van der Waals surface area contributed by atoms with Crippen LogP contribution in [0.25, 0.3) is 0 Å². The zero-order valence-electron chi connectivity index (χ0n) is 12.8. The first kappa shape index (κ1) is 13.4. The fourth-order valence-corrected chi connectivity index (χ4v) is 2.96. The highest BCUT2D eigenvalue weighted by molar-refractivity contribution is 5.26. The molecule has 0 amide bonds. The highest BCUT2D eigenvalue weighted by Gasteiger charge is 2.21. The van der Waals surface area contributed by atoms with Gasteiger partial charge in [0.05, 0.1) is 6.04 Å². The molecule has 108 valence electrons. The van der Waals surface area contributed by atoms with E-state index in [2.05, 4.69) is 58.5 Å². The summed E-state index contributed by atoms with van der Waals surface area (Å²) in [7, 11) is 2.11. The molecular formula is C15H23N5. The lowest BCUT2D eigenvalue weighted by Gasteiger charge is -2.14. The SMILES string of the molecule is Cc1cc(CNC(C)c2nnc3n2CCC3)c(C)n1C. The predicted octanol–water partition coefficient (Wildman–Crippen LogP) is 2.03. The number of nitrogens with zero attached hydrogens (tertiary/aromatic N) is 4. The molecule has 3 heterocycles. The topological polar surface area (TPSA) is 47.7 Å². The van der Waals surface area contributed by atoms with E-state index in [-0.39, 0.29) is 6.04 Å². The maximum absolute atomic E-state index is 4.34. The summed E-state index contributed by atoms with van der Waals surface area (Å²) in [6.07, 6.45) is 2.26. The molecular weight excluding hydrogens is 250 g/mol. The number of hydrogen-bond acceptors (Lipinski definition) is 3. The van der Waals surface area contributed by atoms with Crippen molar-refractivity contribution in [2.75, 3.05) is 0 Å². The summed E-state index contributed by atoms with van der Waals surface area (Å²) in [5.41, 5.74) is 3.99. The van der Waals surface area contributed by atoms with Gasteiger partial charge in [-0.3, -0.25) is 0 Å². The maximum atomic E-state index is 4.34. The largest absolute Gasteiger partial charge is 0.352 e. The summed E-state index contributed by atoms with van der Waals surface area (Å²) >= 11 is 0. The van der Waals surface area contributed by atoms with Gasteiger partial charge in [-0.15, -0.1) is 10.2 Å². The van der Waals surface area contributed by atoms with Crippen LogP contribution in [0.1, 0.15) is 48.0 Å². The van der Waals surface area contributed by atoms with E-state index in [0.29, 0.717) is 0 Å². The van der Waals surface area contributed by atoms with E-state index in [1.54, 1.807) is 0 Å². The zero-order chi connectivity index (χ0) is 14.3. The van der Waals surface area contributed by atoms with E-state index in [1.165, 1.54) is 23.4 Å². The number of aromatic nitrogens is 4. The summed E-state index contributed by atoms with van der Waals surface area (Å²) < 4.78 is 4.50. The van der Waals surface area contributed by atoms with Gasteiger partial charge in [0.1, 0.15) is 11.6 Å². The number of hydrogen-bond donors (Lipinski definition) is 1. The van der Waals surface area contributed by atoms with Crippen LogP contribution < -0.4 is 5.32 Å². The summed E-state index contributed by atoms with van der Waals surface area (Å²) in [5, 5.41) is 12.2. The molecule has 0 radical (unpaired) electrons. The van der Waals surface area contributed by atoms with Gasteiger partial charge in [-0.25, -0.2) is 0 Å². The van der Waals surface area contributed by atoms with E-state index < -0.39 is 0 Å². The Balaban J connectivity index is 1.70. The van der Waals surface area contributed by atoms with Crippen molar-refractivity contribution in [2.24, 2.45) is 7.05 Å². The molecule has 1 atom stereocenters. The minimum absolute atomic E-state index is 0.231. The number of aryl methyl sites for hydroxylation is 2. The predicted molar refractivity (Wildman–Crippen MR) is 78.5 cm³/mol. The summed E-state index contributed by atoms with van der Waals surface area (Å²) in [5.74, 6) is 2.21. The molecule has 1 aliphatic heterocycles. The molecule has 5 nitrogen and oxygen atoms in total. The van der Waals surface area contributed by atoms with Crippen molar-refractivity contribution in [3.05, 3.63) is 34.7 Å². The van der Waals surface area contributed by atoms with Gasteiger partial charge < -0.3 is 14.5 Å². The molecule has 0 bridgehead atoms. The van der Waals surface area contributed by atoms with Crippen LogP contribution in [0, 0.1) is 13.8 Å². The van der Waals surface area contributed by atoms with Crippen molar-refractivity contribution in [3.8, 4) is 0 Å². The third-order valence-corrected chi connectivity index (χ3v) is 4.50. The number of fused-ring (bicyclic) bond motifs is 1. The van der Waals surface area contributed by atoms with Gasteiger partial charge in [0.25, 0.3) is 0 Å². The van der Waals surface area contributed by atoms with Crippen molar-refractivity contribution in [3.63, 3.8) is 0 Å². The second kappa shape index (κ2) is 5.05. The van der Waals surface area contributed by atoms with E-state index in [1.807, 2.05) is 0 Å². The lowest BCUT2D eigenvalue weighted by molar-refractivity contribution is 0.515. The molecule has 20 heavy (non-hydrogen) atoms. The molecule has 2 aromatic heterocycles. The van der Waals surface area contributed by atoms with Gasteiger partial charge >= 0.3 is 0 Å². The second-order valence-corrected chi connectivity index (χ2v) is 5.79. The Labute approximate surface area is 120 Å². The van der Waals surface area contributed by atoms with Crippen molar-refractivity contribution in [2.45, 2.75) is 52.7 Å². The van der Waals surface area contributed by atoms with Gasteiger partial charge in [-0.1, -0.05) is 0 Å². The van der Waals surface area contributed by atoms with Gasteiger partial charge in [-0.2, -0.15) is 0 Å². The van der Waals surface area contributed by atoms with Crippen molar-refractivity contribution in [1.82, 2.24) is 24.6 Å².